The molecule has 0 bridgehead atoms. The van der Waals surface area contributed by atoms with Gasteiger partial charge in [-0.05, 0) is 102 Å². The molecule has 9 nitrogen and oxygen atoms in total. The number of fused-ring (bicyclic) bond motifs is 1. The molecule has 11 heteroatoms. The van der Waals surface area contributed by atoms with Gasteiger partial charge in [-0.1, -0.05) is 56.5 Å². The molecule has 0 aliphatic carbocycles. The van der Waals surface area contributed by atoms with Crippen molar-refractivity contribution in [1.82, 2.24) is 14.5 Å². The van der Waals surface area contributed by atoms with Crippen LogP contribution in [0.5, 0.6) is 5.75 Å². The van der Waals surface area contributed by atoms with Crippen LogP contribution in [-0.4, -0.2) is 93.0 Å². The highest BCUT2D eigenvalue weighted by Crippen LogP contribution is 2.38. The molecule has 0 aromatic heterocycles. The van der Waals surface area contributed by atoms with Gasteiger partial charge < -0.3 is 24.2 Å². The van der Waals surface area contributed by atoms with Crippen LogP contribution in [0.2, 0.25) is 5.02 Å². The van der Waals surface area contributed by atoms with Crippen molar-refractivity contribution in [2.75, 3.05) is 59.4 Å². The molecule has 4 unspecified atom stereocenters. The topological polar surface area (TPSA) is 91.4 Å². The Morgan fingerprint density at radius 3 is 2.44 bits per heavy atom. The summed E-state index contributed by atoms with van der Waals surface area (Å²) in [5.74, 6) is 0.966. The van der Waals surface area contributed by atoms with Gasteiger partial charge in [0.25, 0.3) is 0 Å². The molecular weight excluding hydrogens is 648 g/mol. The van der Waals surface area contributed by atoms with Crippen LogP contribution in [-0.2, 0) is 31.7 Å². The second kappa shape index (κ2) is 20.6. The molecule has 48 heavy (non-hydrogen) atoms. The van der Waals surface area contributed by atoms with Crippen molar-refractivity contribution in [3.8, 4) is 5.75 Å². The molecule has 4 atom stereocenters. The number of amides is 2. The standard InChI is InChI=1S/C34H48ClN3O5S.C3H9N/c1-7-10-26-19-28(35)12-14-30(26)27-21-38(32-20-29(44(41)36-23-39)13-15-33(32)42-22-27)17-16-25(8-2)31(37(6)24-40)11-9-18-43-34(3,4)5;1-4(2)3/h9,11-15,19-20,23-25,27,31H,7-8,10,16-18,21-22H2,1-6H3,(H,36,39);1-3H3/b11-9+;. The number of halogens is 1. The summed E-state index contributed by atoms with van der Waals surface area (Å²) in [5.41, 5.74) is 3.02. The normalized spacial score (nSPS) is 16.6. The minimum Gasteiger partial charge on any atom is -0.491 e. The molecule has 0 fully saturated rings. The number of hydrogen-bond acceptors (Lipinski definition) is 7. The third-order valence-electron chi connectivity index (χ3n) is 7.94. The lowest BCUT2D eigenvalue weighted by Gasteiger charge is -2.33. The summed E-state index contributed by atoms with van der Waals surface area (Å²) < 4.78 is 27.3. The quantitative estimate of drug-likeness (QED) is 0.158. The van der Waals surface area contributed by atoms with Crippen molar-refractivity contribution in [2.24, 2.45) is 5.92 Å². The van der Waals surface area contributed by atoms with E-state index in [1.54, 1.807) is 11.0 Å². The maximum absolute atomic E-state index is 12.7. The number of nitrogens with one attached hydrogen (secondary N) is 1. The van der Waals surface area contributed by atoms with Crippen molar-refractivity contribution in [2.45, 2.75) is 82.8 Å². The Hall–Kier alpha value is -2.92. The summed E-state index contributed by atoms with van der Waals surface area (Å²) in [6.45, 7) is 12.7. The maximum Gasteiger partial charge on any atom is 0.219 e. The van der Waals surface area contributed by atoms with Crippen LogP contribution in [0.4, 0.5) is 5.69 Å². The number of likely N-dealkylation sites (N-methyl/N-ethyl adjacent to an activating group) is 1. The molecule has 1 N–H and O–H groups in total. The molecule has 1 heterocycles. The van der Waals surface area contributed by atoms with Crippen LogP contribution < -0.4 is 14.4 Å². The van der Waals surface area contributed by atoms with Crippen LogP contribution >= 0.6 is 11.6 Å². The zero-order valence-electron chi connectivity index (χ0n) is 30.3. The first kappa shape index (κ1) is 41.3. The molecule has 0 spiro atoms. The number of carbonyl (C=O) groups is 2. The Morgan fingerprint density at radius 2 is 1.83 bits per heavy atom. The summed E-state index contributed by atoms with van der Waals surface area (Å²) in [6.07, 6.45) is 9.00. The van der Waals surface area contributed by atoms with Gasteiger partial charge in [0, 0.05) is 31.1 Å². The molecule has 3 rings (SSSR count). The minimum absolute atomic E-state index is 0.0752. The lowest BCUT2D eigenvalue weighted by Crippen LogP contribution is -2.38. The Labute approximate surface area is 296 Å². The predicted octanol–water partition coefficient (Wildman–Crippen LogP) is 6.47. The molecule has 2 aromatic rings. The van der Waals surface area contributed by atoms with Crippen LogP contribution in [0.3, 0.4) is 0 Å². The van der Waals surface area contributed by atoms with Crippen molar-refractivity contribution in [3.05, 3.63) is 64.7 Å². The van der Waals surface area contributed by atoms with E-state index in [1.807, 2.05) is 78.1 Å². The van der Waals surface area contributed by atoms with Crippen LogP contribution in [0.1, 0.15) is 70.9 Å². The third kappa shape index (κ3) is 13.5. The molecule has 1 aliphatic rings. The first-order valence-corrected chi connectivity index (χ1v) is 18.3. The van der Waals surface area contributed by atoms with Crippen LogP contribution in [0.15, 0.2) is 53.4 Å². The van der Waals surface area contributed by atoms with E-state index in [-0.39, 0.29) is 23.5 Å². The van der Waals surface area contributed by atoms with Gasteiger partial charge >= 0.3 is 0 Å². The fraction of sp³-hybridized carbons (Fsp3) is 0.568. The molecule has 1 aliphatic heterocycles. The van der Waals surface area contributed by atoms with Gasteiger partial charge in [0.2, 0.25) is 12.8 Å². The average molecular weight is 705 g/mol. The number of benzene rings is 2. The monoisotopic (exact) mass is 704 g/mol. The Bertz CT molecular complexity index is 1350. The molecule has 0 radical (unpaired) electrons. The van der Waals surface area contributed by atoms with E-state index in [0.717, 1.165) is 42.8 Å². The average Bonchev–Trinajstić information content (AvgIpc) is 3.20. The number of anilines is 1. The summed E-state index contributed by atoms with van der Waals surface area (Å²) in [4.78, 5) is 29.4. The molecule has 268 valence electrons. The fourth-order valence-corrected chi connectivity index (χ4v) is 6.51. The summed E-state index contributed by atoms with van der Waals surface area (Å²) in [5, 5.41) is 0.721. The van der Waals surface area contributed by atoms with Crippen LogP contribution in [0.25, 0.3) is 0 Å². The highest BCUT2D eigenvalue weighted by atomic mass is 35.5. The van der Waals surface area contributed by atoms with Gasteiger partial charge in [-0.3, -0.25) is 14.3 Å². The highest BCUT2D eigenvalue weighted by Gasteiger charge is 2.29. The Morgan fingerprint density at radius 1 is 1.12 bits per heavy atom. The molecule has 2 amide bonds. The van der Waals surface area contributed by atoms with Gasteiger partial charge in [-0.2, -0.15) is 0 Å². The predicted molar refractivity (Wildman–Crippen MR) is 198 cm³/mol. The summed E-state index contributed by atoms with van der Waals surface area (Å²) in [6, 6.07) is 11.4. The second-order valence-corrected chi connectivity index (χ2v) is 15.3. The van der Waals surface area contributed by atoms with Gasteiger partial charge in [0.1, 0.15) is 5.75 Å². The molecule has 0 saturated heterocycles. The van der Waals surface area contributed by atoms with Crippen molar-refractivity contribution in [3.63, 3.8) is 0 Å². The molecule has 2 aromatic carbocycles. The fourth-order valence-electron chi connectivity index (χ4n) is 5.69. The van der Waals surface area contributed by atoms with E-state index >= 15 is 0 Å². The zero-order chi connectivity index (χ0) is 35.9. The number of carbonyl (C=O) groups excluding carboxylic acids is 2. The van der Waals surface area contributed by atoms with E-state index in [4.69, 9.17) is 21.1 Å². The van der Waals surface area contributed by atoms with E-state index in [9.17, 15) is 13.8 Å². The highest BCUT2D eigenvalue weighted by molar-refractivity contribution is 7.83. The van der Waals surface area contributed by atoms with E-state index in [0.29, 0.717) is 43.4 Å². The number of hydrogen-bond donors (Lipinski definition) is 1. The SMILES string of the molecule is CCCc1cc(Cl)ccc1C1COc2ccc(S(=O)NC=O)cc2N(CCC(CC)C(/C=C/COC(C)(C)C)N(C)C=O)C1.CN(C)C. The van der Waals surface area contributed by atoms with Crippen LogP contribution in [0, 0.1) is 5.92 Å². The van der Waals surface area contributed by atoms with Gasteiger partial charge in [0.15, 0.2) is 11.0 Å². The number of rotatable bonds is 16. The lowest BCUT2D eigenvalue weighted by molar-refractivity contribution is -0.119. The number of nitrogens with zero attached hydrogens (tertiary/aromatic N) is 3. The van der Waals surface area contributed by atoms with Gasteiger partial charge in [-0.15, -0.1) is 0 Å². The first-order valence-electron chi connectivity index (χ1n) is 16.7. The molecular formula is C37H57ClN4O5S. The number of aryl methyl sites for hydroxylation is 1. The van der Waals surface area contributed by atoms with Gasteiger partial charge in [-0.25, -0.2) is 4.21 Å². The Balaban J connectivity index is 0.00000189. The second-order valence-electron chi connectivity index (χ2n) is 13.6. The van der Waals surface area contributed by atoms with Crippen molar-refractivity contribution < 1.29 is 23.3 Å². The van der Waals surface area contributed by atoms with Crippen molar-refractivity contribution in [1.29, 1.82) is 0 Å². The first-order chi connectivity index (χ1) is 22.7. The third-order valence-corrected chi connectivity index (χ3v) is 9.17. The Kier molecular flexibility index (Phi) is 17.7. The van der Waals surface area contributed by atoms with E-state index in [2.05, 4.69) is 41.7 Å². The summed E-state index contributed by atoms with van der Waals surface area (Å²) in [7, 11) is 6.14. The number of ether oxygens (including phenoxy) is 2. The zero-order valence-corrected chi connectivity index (χ0v) is 31.9. The van der Waals surface area contributed by atoms with E-state index in [1.165, 1.54) is 11.1 Å². The lowest BCUT2D eigenvalue weighted by atomic mass is 9.90. The van der Waals surface area contributed by atoms with Crippen molar-refractivity contribution >= 4 is 41.1 Å². The maximum atomic E-state index is 12.7. The van der Waals surface area contributed by atoms with Gasteiger partial charge in [0.05, 0.1) is 35.4 Å². The summed E-state index contributed by atoms with van der Waals surface area (Å²) >= 11 is 6.39. The minimum atomic E-state index is -1.68. The largest absolute Gasteiger partial charge is 0.491 e. The molecule has 0 saturated carbocycles. The van der Waals surface area contributed by atoms with E-state index < -0.39 is 11.0 Å². The smallest absolute Gasteiger partial charge is 0.219 e.